The Morgan fingerprint density at radius 2 is 1.76 bits per heavy atom. The number of nitrogens with one attached hydrogen (secondary N) is 1. The number of benzene rings is 2. The van der Waals surface area contributed by atoms with Gasteiger partial charge in [-0.25, -0.2) is 4.39 Å². The molecule has 0 radical (unpaired) electrons. The molecule has 0 amide bonds. The van der Waals surface area contributed by atoms with Crippen molar-refractivity contribution in [2.24, 2.45) is 0 Å². The van der Waals surface area contributed by atoms with E-state index in [-0.39, 0.29) is 11.9 Å². The highest BCUT2D eigenvalue weighted by Gasteiger charge is 2.18. The second-order valence-corrected chi connectivity index (χ2v) is 5.42. The van der Waals surface area contributed by atoms with Crippen molar-refractivity contribution >= 4 is 15.9 Å². The minimum atomic E-state index is -0.266. The molecular weight excluding hydrogens is 337 g/mol. The highest BCUT2D eigenvalue weighted by atomic mass is 79.9. The SMILES string of the molecule is CNC(c1ccc(OC)c(OC)c1)c1ccc(Br)cc1F. The highest BCUT2D eigenvalue weighted by Crippen LogP contribution is 2.33. The normalized spacial score (nSPS) is 12.0. The lowest BCUT2D eigenvalue weighted by Gasteiger charge is -2.19. The number of methoxy groups -OCH3 is 2. The van der Waals surface area contributed by atoms with Crippen LogP contribution < -0.4 is 14.8 Å². The van der Waals surface area contributed by atoms with Crippen LogP contribution in [0.3, 0.4) is 0 Å². The van der Waals surface area contributed by atoms with E-state index in [1.807, 2.05) is 24.3 Å². The lowest BCUT2D eigenvalue weighted by Crippen LogP contribution is -2.19. The Morgan fingerprint density at radius 1 is 1.05 bits per heavy atom. The van der Waals surface area contributed by atoms with Gasteiger partial charge in [0.15, 0.2) is 11.5 Å². The highest BCUT2D eigenvalue weighted by molar-refractivity contribution is 9.10. The molecule has 0 aliphatic heterocycles. The van der Waals surface area contributed by atoms with E-state index in [0.29, 0.717) is 21.5 Å². The summed E-state index contributed by atoms with van der Waals surface area (Å²) in [6.07, 6.45) is 0. The van der Waals surface area contributed by atoms with Crippen molar-refractivity contribution in [1.82, 2.24) is 5.32 Å². The maximum Gasteiger partial charge on any atom is 0.161 e. The predicted molar refractivity (Wildman–Crippen MR) is 84.5 cm³/mol. The summed E-state index contributed by atoms with van der Waals surface area (Å²) in [4.78, 5) is 0. The van der Waals surface area contributed by atoms with Gasteiger partial charge in [-0.1, -0.05) is 28.1 Å². The van der Waals surface area contributed by atoms with E-state index < -0.39 is 0 Å². The van der Waals surface area contributed by atoms with Crippen molar-refractivity contribution in [2.75, 3.05) is 21.3 Å². The third-order valence-electron chi connectivity index (χ3n) is 3.30. The van der Waals surface area contributed by atoms with Crippen molar-refractivity contribution < 1.29 is 13.9 Å². The van der Waals surface area contributed by atoms with Crippen LogP contribution in [0.4, 0.5) is 4.39 Å². The van der Waals surface area contributed by atoms with Gasteiger partial charge in [-0.15, -0.1) is 0 Å². The van der Waals surface area contributed by atoms with Gasteiger partial charge in [0.05, 0.1) is 20.3 Å². The van der Waals surface area contributed by atoms with Crippen LogP contribution in [0, 0.1) is 5.82 Å². The summed E-state index contributed by atoms with van der Waals surface area (Å²) in [6.45, 7) is 0. The zero-order valence-corrected chi connectivity index (χ0v) is 13.7. The van der Waals surface area contributed by atoms with Crippen LogP contribution in [0.5, 0.6) is 11.5 Å². The van der Waals surface area contributed by atoms with Gasteiger partial charge in [0.25, 0.3) is 0 Å². The van der Waals surface area contributed by atoms with Crippen LogP contribution in [0.1, 0.15) is 17.2 Å². The molecule has 21 heavy (non-hydrogen) atoms. The van der Waals surface area contributed by atoms with Crippen LogP contribution in [0.25, 0.3) is 0 Å². The Bertz CT molecular complexity index is 634. The molecule has 0 saturated heterocycles. The summed E-state index contributed by atoms with van der Waals surface area (Å²) < 4.78 is 25.4. The molecule has 3 nitrogen and oxygen atoms in total. The molecule has 5 heteroatoms. The first-order chi connectivity index (χ1) is 10.1. The maximum absolute atomic E-state index is 14.2. The van der Waals surface area contributed by atoms with E-state index in [1.165, 1.54) is 6.07 Å². The second kappa shape index (κ2) is 6.91. The summed E-state index contributed by atoms with van der Waals surface area (Å²) in [6, 6.07) is 10.3. The summed E-state index contributed by atoms with van der Waals surface area (Å²) in [5.74, 6) is 0.999. The Kier molecular flexibility index (Phi) is 5.20. The third-order valence-corrected chi connectivity index (χ3v) is 3.80. The monoisotopic (exact) mass is 353 g/mol. The molecule has 2 aromatic rings. The number of hydrogen-bond donors (Lipinski definition) is 1. The van der Waals surface area contributed by atoms with Gasteiger partial charge in [-0.05, 0) is 36.9 Å². The molecule has 0 heterocycles. The quantitative estimate of drug-likeness (QED) is 0.883. The lowest BCUT2D eigenvalue weighted by molar-refractivity contribution is 0.354. The lowest BCUT2D eigenvalue weighted by atomic mass is 9.98. The Morgan fingerprint density at radius 3 is 2.33 bits per heavy atom. The van der Waals surface area contributed by atoms with Crippen molar-refractivity contribution in [3.05, 3.63) is 57.8 Å². The standard InChI is InChI=1S/C16H17BrFNO2/c1-19-16(12-6-5-11(17)9-13(12)18)10-4-7-14(20-2)15(8-10)21-3/h4-9,16,19H,1-3H3. The van der Waals surface area contributed by atoms with Gasteiger partial charge in [0, 0.05) is 10.0 Å². The first-order valence-electron chi connectivity index (χ1n) is 6.44. The Hall–Kier alpha value is -1.59. The smallest absolute Gasteiger partial charge is 0.161 e. The summed E-state index contributed by atoms with van der Waals surface area (Å²) in [5, 5.41) is 3.13. The number of rotatable bonds is 5. The topological polar surface area (TPSA) is 30.5 Å². The fourth-order valence-electron chi connectivity index (χ4n) is 2.27. The molecule has 1 unspecified atom stereocenters. The van der Waals surface area contributed by atoms with Crippen molar-refractivity contribution in [1.29, 1.82) is 0 Å². The molecule has 1 atom stereocenters. The van der Waals surface area contributed by atoms with Gasteiger partial charge in [-0.3, -0.25) is 0 Å². The Balaban J connectivity index is 2.46. The number of hydrogen-bond acceptors (Lipinski definition) is 3. The molecule has 0 saturated carbocycles. The van der Waals surface area contributed by atoms with E-state index in [0.717, 1.165) is 5.56 Å². The van der Waals surface area contributed by atoms with E-state index in [2.05, 4.69) is 21.2 Å². The van der Waals surface area contributed by atoms with E-state index in [4.69, 9.17) is 9.47 Å². The molecule has 1 N–H and O–H groups in total. The van der Waals surface area contributed by atoms with E-state index >= 15 is 0 Å². The number of halogens is 2. The van der Waals surface area contributed by atoms with Crippen molar-refractivity contribution in [2.45, 2.75) is 6.04 Å². The van der Waals surface area contributed by atoms with Crippen LogP contribution in [0.2, 0.25) is 0 Å². The zero-order chi connectivity index (χ0) is 15.4. The molecular formula is C16H17BrFNO2. The molecule has 0 fully saturated rings. The van der Waals surface area contributed by atoms with E-state index in [1.54, 1.807) is 27.3 Å². The van der Waals surface area contributed by atoms with Gasteiger partial charge in [0.1, 0.15) is 5.82 Å². The molecule has 0 aliphatic rings. The number of ether oxygens (including phenoxy) is 2. The van der Waals surface area contributed by atoms with E-state index in [9.17, 15) is 4.39 Å². The fraction of sp³-hybridized carbons (Fsp3) is 0.250. The first-order valence-corrected chi connectivity index (χ1v) is 7.24. The summed E-state index contributed by atoms with van der Waals surface area (Å²) in [5.41, 5.74) is 1.48. The predicted octanol–water partition coefficient (Wildman–Crippen LogP) is 3.91. The van der Waals surface area contributed by atoms with Crippen LogP contribution >= 0.6 is 15.9 Å². The van der Waals surface area contributed by atoms with Gasteiger partial charge < -0.3 is 14.8 Å². The molecule has 0 spiro atoms. The zero-order valence-electron chi connectivity index (χ0n) is 12.1. The average molecular weight is 354 g/mol. The molecule has 2 aromatic carbocycles. The minimum Gasteiger partial charge on any atom is -0.493 e. The second-order valence-electron chi connectivity index (χ2n) is 4.50. The van der Waals surface area contributed by atoms with Crippen LogP contribution in [0.15, 0.2) is 40.9 Å². The van der Waals surface area contributed by atoms with Gasteiger partial charge in [-0.2, -0.15) is 0 Å². The first kappa shape index (κ1) is 15.8. The average Bonchev–Trinajstić information content (AvgIpc) is 2.49. The van der Waals surface area contributed by atoms with Crippen molar-refractivity contribution in [3.63, 3.8) is 0 Å². The summed E-state index contributed by atoms with van der Waals surface area (Å²) >= 11 is 3.27. The van der Waals surface area contributed by atoms with Crippen LogP contribution in [-0.2, 0) is 0 Å². The minimum absolute atomic E-state index is 0.265. The Labute approximate surface area is 132 Å². The van der Waals surface area contributed by atoms with Crippen LogP contribution in [-0.4, -0.2) is 21.3 Å². The fourth-order valence-corrected chi connectivity index (χ4v) is 2.60. The maximum atomic E-state index is 14.2. The molecule has 112 valence electrons. The molecule has 0 bridgehead atoms. The largest absolute Gasteiger partial charge is 0.493 e. The molecule has 0 aromatic heterocycles. The van der Waals surface area contributed by atoms with Gasteiger partial charge >= 0.3 is 0 Å². The van der Waals surface area contributed by atoms with Gasteiger partial charge in [0.2, 0.25) is 0 Å². The molecule has 2 rings (SSSR count). The summed E-state index contributed by atoms with van der Waals surface area (Å²) in [7, 11) is 4.96. The molecule has 0 aliphatic carbocycles. The third kappa shape index (κ3) is 3.36. The van der Waals surface area contributed by atoms with Crippen molar-refractivity contribution in [3.8, 4) is 11.5 Å².